The van der Waals surface area contributed by atoms with Crippen molar-refractivity contribution in [2.75, 3.05) is 7.11 Å². The highest BCUT2D eigenvalue weighted by molar-refractivity contribution is 6.00. The Kier molecular flexibility index (Phi) is 4.75. The molecule has 1 N–H and O–H groups in total. The Balaban J connectivity index is 0.000000185. The molecule has 0 radical (unpaired) electrons. The van der Waals surface area contributed by atoms with Gasteiger partial charge in [0, 0.05) is 12.0 Å². The first-order valence-corrected chi connectivity index (χ1v) is 4.84. The van der Waals surface area contributed by atoms with Crippen LogP contribution in [-0.4, -0.2) is 24.0 Å². The molecule has 1 aliphatic rings. The lowest BCUT2D eigenvalue weighted by molar-refractivity contribution is -0.131. The smallest absolute Gasteiger partial charge is 0.331 e. The second kappa shape index (κ2) is 6.32. The molecule has 5 heteroatoms. The number of hydrogen-bond donors (Lipinski definition) is 1. The summed E-state index contributed by atoms with van der Waals surface area (Å²) < 4.78 is 9.26. The fourth-order valence-electron chi connectivity index (χ4n) is 1.19. The second-order valence-corrected chi connectivity index (χ2v) is 3.11. The highest BCUT2D eigenvalue weighted by Gasteiger charge is 2.15. The third kappa shape index (κ3) is 3.98. The van der Waals surface area contributed by atoms with Crippen LogP contribution in [0.25, 0.3) is 6.08 Å². The minimum Gasteiger partial charge on any atom is -0.504 e. The van der Waals surface area contributed by atoms with E-state index < -0.39 is 5.97 Å². The number of hydrogen-bond acceptors (Lipinski definition) is 4. The van der Waals surface area contributed by atoms with Gasteiger partial charge in [-0.05, 0) is 6.07 Å². The quantitative estimate of drug-likeness (QED) is 0.628. The van der Waals surface area contributed by atoms with Crippen molar-refractivity contribution in [3.05, 3.63) is 42.1 Å². The average Bonchev–Trinajstić information content (AvgIpc) is 2.77. The molecule has 0 amide bonds. The number of allylic oxidation sites excluding steroid dienone is 1. The van der Waals surface area contributed by atoms with Crippen LogP contribution in [0.5, 0.6) is 0 Å². The standard InChI is InChI=1S/C8H6O2.C4H6O3/c9-7-3-1-2-6-4-5-10-8(6)7;1-7-3-2-4(5)6/h1-2,4-5H,3H2;2-3H,1H3,(H,5,6). The van der Waals surface area contributed by atoms with E-state index in [1.54, 1.807) is 6.07 Å². The van der Waals surface area contributed by atoms with E-state index in [1.807, 2.05) is 12.2 Å². The number of carbonyl (C=O) groups is 2. The summed E-state index contributed by atoms with van der Waals surface area (Å²) in [6, 6.07) is 1.79. The van der Waals surface area contributed by atoms with Gasteiger partial charge in [0.15, 0.2) is 5.76 Å². The van der Waals surface area contributed by atoms with Gasteiger partial charge in [-0.1, -0.05) is 12.2 Å². The maximum Gasteiger partial charge on any atom is 0.331 e. The summed E-state index contributed by atoms with van der Waals surface area (Å²) in [4.78, 5) is 20.6. The lowest BCUT2D eigenvalue weighted by atomic mass is 10.1. The van der Waals surface area contributed by atoms with E-state index in [4.69, 9.17) is 9.52 Å². The van der Waals surface area contributed by atoms with Crippen molar-refractivity contribution in [2.45, 2.75) is 6.42 Å². The Morgan fingerprint density at radius 2 is 2.35 bits per heavy atom. The van der Waals surface area contributed by atoms with Gasteiger partial charge in [-0.2, -0.15) is 0 Å². The van der Waals surface area contributed by atoms with E-state index in [2.05, 4.69) is 4.74 Å². The third-order valence-electron chi connectivity index (χ3n) is 1.90. The van der Waals surface area contributed by atoms with Crippen LogP contribution in [0.15, 0.2) is 35.2 Å². The largest absolute Gasteiger partial charge is 0.504 e. The lowest BCUT2D eigenvalue weighted by Crippen LogP contribution is -2.00. The van der Waals surface area contributed by atoms with E-state index in [-0.39, 0.29) is 5.78 Å². The molecule has 1 aliphatic carbocycles. The van der Waals surface area contributed by atoms with Crippen LogP contribution in [0.4, 0.5) is 0 Å². The Hall–Kier alpha value is -2.30. The number of ketones is 1. The topological polar surface area (TPSA) is 76.7 Å². The monoisotopic (exact) mass is 236 g/mol. The van der Waals surface area contributed by atoms with Gasteiger partial charge in [0.2, 0.25) is 5.78 Å². The van der Waals surface area contributed by atoms with Gasteiger partial charge in [0.25, 0.3) is 0 Å². The van der Waals surface area contributed by atoms with E-state index >= 15 is 0 Å². The molecule has 0 bridgehead atoms. The fourth-order valence-corrected chi connectivity index (χ4v) is 1.19. The molecular formula is C12H12O5. The van der Waals surface area contributed by atoms with E-state index in [0.717, 1.165) is 17.9 Å². The van der Waals surface area contributed by atoms with Crippen molar-refractivity contribution in [2.24, 2.45) is 0 Å². The third-order valence-corrected chi connectivity index (χ3v) is 1.90. The number of carboxylic acids is 1. The van der Waals surface area contributed by atoms with E-state index in [1.165, 1.54) is 13.4 Å². The Bertz CT molecular complexity index is 453. The highest BCUT2D eigenvalue weighted by Crippen LogP contribution is 2.19. The summed E-state index contributed by atoms with van der Waals surface area (Å²) in [5.41, 5.74) is 0.899. The molecule has 90 valence electrons. The number of ether oxygens (including phenoxy) is 1. The van der Waals surface area contributed by atoms with E-state index in [0.29, 0.717) is 12.2 Å². The molecule has 17 heavy (non-hydrogen) atoms. The van der Waals surface area contributed by atoms with Crippen molar-refractivity contribution in [1.82, 2.24) is 0 Å². The molecule has 0 aromatic carbocycles. The zero-order valence-corrected chi connectivity index (χ0v) is 9.25. The first kappa shape index (κ1) is 12.8. The Morgan fingerprint density at radius 1 is 1.59 bits per heavy atom. The maximum absolute atomic E-state index is 11.0. The Labute approximate surface area is 98.0 Å². The zero-order chi connectivity index (χ0) is 12.7. The summed E-state index contributed by atoms with van der Waals surface area (Å²) >= 11 is 0. The van der Waals surface area contributed by atoms with Crippen molar-refractivity contribution in [1.29, 1.82) is 0 Å². The summed E-state index contributed by atoms with van der Waals surface area (Å²) in [5.74, 6) is -0.424. The van der Waals surface area contributed by atoms with Gasteiger partial charge < -0.3 is 14.3 Å². The number of rotatable bonds is 2. The van der Waals surface area contributed by atoms with Crippen LogP contribution in [0, 0.1) is 0 Å². The molecule has 2 rings (SSSR count). The molecule has 0 saturated carbocycles. The molecule has 0 atom stereocenters. The average molecular weight is 236 g/mol. The molecule has 1 aromatic rings. The molecule has 0 unspecified atom stereocenters. The molecule has 0 fully saturated rings. The van der Waals surface area contributed by atoms with Crippen LogP contribution in [0.3, 0.4) is 0 Å². The lowest BCUT2D eigenvalue weighted by Gasteiger charge is -1.99. The molecule has 5 nitrogen and oxygen atoms in total. The molecule has 0 saturated heterocycles. The van der Waals surface area contributed by atoms with Crippen LogP contribution in [0.1, 0.15) is 22.5 Å². The predicted molar refractivity (Wildman–Crippen MR) is 60.5 cm³/mol. The molecule has 0 aliphatic heterocycles. The van der Waals surface area contributed by atoms with Crippen molar-refractivity contribution >= 4 is 17.8 Å². The van der Waals surface area contributed by atoms with Gasteiger partial charge in [-0.3, -0.25) is 4.79 Å². The van der Waals surface area contributed by atoms with Crippen LogP contribution < -0.4 is 0 Å². The number of carbonyl (C=O) groups excluding carboxylic acids is 1. The number of Topliss-reactive ketones (excluding diaryl/α,β-unsaturated/α-hetero) is 1. The van der Waals surface area contributed by atoms with Crippen molar-refractivity contribution in [3.8, 4) is 0 Å². The molecule has 1 heterocycles. The maximum atomic E-state index is 11.0. The van der Waals surface area contributed by atoms with Gasteiger partial charge in [-0.25, -0.2) is 4.79 Å². The van der Waals surface area contributed by atoms with Gasteiger partial charge >= 0.3 is 5.97 Å². The van der Waals surface area contributed by atoms with E-state index in [9.17, 15) is 9.59 Å². The molecular weight excluding hydrogens is 224 g/mol. The zero-order valence-electron chi connectivity index (χ0n) is 9.25. The van der Waals surface area contributed by atoms with Crippen LogP contribution in [-0.2, 0) is 9.53 Å². The normalized spacial score (nSPS) is 12.9. The number of fused-ring (bicyclic) bond motifs is 1. The number of aliphatic carboxylic acids is 1. The molecule has 1 aromatic heterocycles. The second-order valence-electron chi connectivity index (χ2n) is 3.11. The summed E-state index contributed by atoms with van der Waals surface area (Å²) in [6.45, 7) is 0. The molecule has 0 spiro atoms. The summed E-state index contributed by atoms with van der Waals surface area (Å²) in [6.07, 6.45) is 7.78. The minimum absolute atomic E-state index is 0.0718. The first-order chi connectivity index (χ1) is 8.15. The minimum atomic E-state index is -0.998. The van der Waals surface area contributed by atoms with Crippen LogP contribution in [0.2, 0.25) is 0 Å². The predicted octanol–water partition coefficient (Wildman–Crippen LogP) is 2.11. The Morgan fingerprint density at radius 3 is 2.88 bits per heavy atom. The van der Waals surface area contributed by atoms with Crippen LogP contribution >= 0.6 is 0 Å². The van der Waals surface area contributed by atoms with Gasteiger partial charge in [-0.15, -0.1) is 0 Å². The van der Waals surface area contributed by atoms with Gasteiger partial charge in [0.05, 0.1) is 25.7 Å². The highest BCUT2D eigenvalue weighted by atomic mass is 16.5. The number of carboxylic acid groups (broad SMARTS) is 1. The fraction of sp³-hybridized carbons (Fsp3) is 0.167. The number of furan rings is 1. The summed E-state index contributed by atoms with van der Waals surface area (Å²) in [5, 5.41) is 7.88. The van der Waals surface area contributed by atoms with Crippen molar-refractivity contribution < 1.29 is 23.8 Å². The number of methoxy groups -OCH3 is 1. The van der Waals surface area contributed by atoms with Crippen molar-refractivity contribution in [3.63, 3.8) is 0 Å². The van der Waals surface area contributed by atoms with Gasteiger partial charge in [0.1, 0.15) is 0 Å². The first-order valence-electron chi connectivity index (χ1n) is 4.84. The summed E-state index contributed by atoms with van der Waals surface area (Å²) in [7, 11) is 1.39. The SMILES string of the molecule is COC=CC(=O)O.O=C1CC=Cc2ccoc21.